The quantitative estimate of drug-likeness (QED) is 0.824. The molecule has 2 atom stereocenters. The average Bonchev–Trinajstić information content (AvgIpc) is 2.67. The predicted octanol–water partition coefficient (Wildman–Crippen LogP) is 3.78. The molecule has 2 unspecified atom stereocenters. The van der Waals surface area contributed by atoms with Gasteiger partial charge in [0.05, 0.1) is 0 Å². The van der Waals surface area contributed by atoms with E-state index in [1.54, 1.807) is 0 Å². The summed E-state index contributed by atoms with van der Waals surface area (Å²) in [5, 5.41) is 3.64. The smallest absolute Gasteiger partial charge is 0.407 e. The molecule has 1 aromatic heterocycles. The van der Waals surface area contributed by atoms with Gasteiger partial charge in [-0.2, -0.15) is 0 Å². The fraction of sp³-hybridized carbons (Fsp3) is 0.667. The fourth-order valence-electron chi connectivity index (χ4n) is 3.91. The summed E-state index contributed by atoms with van der Waals surface area (Å²) in [5.74, 6) is 0.895. The number of carbonyl (C=O) groups excluding carboxylic acids is 1. The number of hydrogen-bond donors (Lipinski definition) is 1. The number of hydrogen-bond acceptors (Lipinski definition) is 4. The highest BCUT2D eigenvalue weighted by atomic mass is 35.5. The molecule has 24 heavy (non-hydrogen) atoms. The fourth-order valence-corrected chi connectivity index (χ4v) is 4.15. The Labute approximate surface area is 148 Å². The number of fused-ring (bicyclic) bond motifs is 2. The van der Waals surface area contributed by atoms with Crippen molar-refractivity contribution in [1.82, 2.24) is 10.3 Å². The van der Waals surface area contributed by atoms with Gasteiger partial charge in [0, 0.05) is 30.5 Å². The lowest BCUT2D eigenvalue weighted by molar-refractivity contribution is 0.0472. The van der Waals surface area contributed by atoms with Crippen molar-refractivity contribution in [3.05, 3.63) is 23.0 Å². The summed E-state index contributed by atoms with van der Waals surface area (Å²) >= 11 is 6.11. The number of aromatic nitrogens is 1. The van der Waals surface area contributed by atoms with Gasteiger partial charge in [0.1, 0.15) is 10.8 Å². The third-order valence-electron chi connectivity index (χ3n) is 4.79. The largest absolute Gasteiger partial charge is 0.444 e. The number of alkyl carbamates (subject to hydrolysis) is 1. The molecule has 132 valence electrons. The number of ether oxygens (including phenoxy) is 1. The van der Waals surface area contributed by atoms with Gasteiger partial charge >= 0.3 is 6.09 Å². The number of anilines is 1. The molecule has 1 amide bonds. The lowest BCUT2D eigenvalue weighted by Gasteiger charge is -2.39. The van der Waals surface area contributed by atoms with E-state index in [9.17, 15) is 4.79 Å². The Morgan fingerprint density at radius 2 is 1.92 bits per heavy atom. The first-order chi connectivity index (χ1) is 11.2. The highest BCUT2D eigenvalue weighted by molar-refractivity contribution is 6.29. The van der Waals surface area contributed by atoms with Crippen LogP contribution in [0.4, 0.5) is 10.5 Å². The number of rotatable bonds is 2. The Hall–Kier alpha value is -1.49. The van der Waals surface area contributed by atoms with E-state index in [2.05, 4.69) is 21.3 Å². The maximum atomic E-state index is 12.1. The molecule has 0 spiro atoms. The number of halogens is 1. The van der Waals surface area contributed by atoms with Gasteiger partial charge in [0.2, 0.25) is 0 Å². The summed E-state index contributed by atoms with van der Waals surface area (Å²) in [7, 11) is 0. The average molecular weight is 352 g/mol. The zero-order valence-corrected chi connectivity index (χ0v) is 15.6. The number of aryl methyl sites for hydroxylation is 1. The van der Waals surface area contributed by atoms with Crippen LogP contribution in [0.1, 0.15) is 39.3 Å². The molecule has 1 saturated heterocycles. The van der Waals surface area contributed by atoms with Crippen LogP contribution in [0.25, 0.3) is 0 Å². The summed E-state index contributed by atoms with van der Waals surface area (Å²) in [6.45, 7) is 9.48. The van der Waals surface area contributed by atoms with Gasteiger partial charge in [0.15, 0.2) is 0 Å². The molecule has 0 aromatic carbocycles. The Kier molecular flexibility index (Phi) is 4.65. The number of piperidine rings is 1. The van der Waals surface area contributed by atoms with E-state index in [1.165, 1.54) is 0 Å². The van der Waals surface area contributed by atoms with Crippen molar-refractivity contribution in [2.75, 3.05) is 18.0 Å². The van der Waals surface area contributed by atoms with Crippen LogP contribution in [0.15, 0.2) is 12.1 Å². The molecule has 1 N–H and O–H groups in total. The van der Waals surface area contributed by atoms with E-state index in [4.69, 9.17) is 16.3 Å². The molecule has 1 aliphatic carbocycles. The van der Waals surface area contributed by atoms with Crippen LogP contribution in [0, 0.1) is 18.8 Å². The van der Waals surface area contributed by atoms with Crippen molar-refractivity contribution in [2.24, 2.45) is 11.8 Å². The molecule has 1 aromatic rings. The zero-order chi connectivity index (χ0) is 17.5. The van der Waals surface area contributed by atoms with Gasteiger partial charge < -0.3 is 15.0 Å². The van der Waals surface area contributed by atoms with Crippen LogP contribution in [0.2, 0.25) is 5.15 Å². The van der Waals surface area contributed by atoms with Crippen LogP contribution in [-0.4, -0.2) is 35.8 Å². The van der Waals surface area contributed by atoms with Crippen molar-refractivity contribution in [1.29, 1.82) is 0 Å². The van der Waals surface area contributed by atoms with E-state index in [0.29, 0.717) is 17.0 Å². The minimum atomic E-state index is -0.463. The van der Waals surface area contributed by atoms with Crippen LogP contribution in [0.5, 0.6) is 0 Å². The van der Waals surface area contributed by atoms with Gasteiger partial charge in [-0.05, 0) is 64.5 Å². The second kappa shape index (κ2) is 6.43. The van der Waals surface area contributed by atoms with E-state index in [0.717, 1.165) is 37.3 Å². The van der Waals surface area contributed by atoms with Crippen LogP contribution >= 0.6 is 11.6 Å². The number of nitrogens with zero attached hydrogens (tertiary/aromatic N) is 2. The van der Waals surface area contributed by atoms with Crippen LogP contribution in [0.3, 0.4) is 0 Å². The van der Waals surface area contributed by atoms with E-state index in [-0.39, 0.29) is 12.1 Å². The minimum absolute atomic E-state index is 0.203. The molecule has 6 heteroatoms. The Balaban J connectivity index is 1.67. The number of pyridine rings is 1. The second-order valence-corrected chi connectivity index (χ2v) is 8.35. The van der Waals surface area contributed by atoms with Crippen LogP contribution in [-0.2, 0) is 4.74 Å². The molecule has 0 radical (unpaired) electrons. The van der Waals surface area contributed by atoms with E-state index < -0.39 is 5.60 Å². The third-order valence-corrected chi connectivity index (χ3v) is 4.98. The van der Waals surface area contributed by atoms with Gasteiger partial charge in [0.25, 0.3) is 0 Å². The highest BCUT2D eigenvalue weighted by Crippen LogP contribution is 2.39. The summed E-state index contributed by atoms with van der Waals surface area (Å²) in [6, 6.07) is 4.21. The molecule has 2 bridgehead atoms. The Morgan fingerprint density at radius 3 is 2.46 bits per heavy atom. The SMILES string of the molecule is Cc1cc(N2CC3CCC(C2)C3NC(=O)OC(C)(C)C)cc(Cl)n1. The summed E-state index contributed by atoms with van der Waals surface area (Å²) in [6.07, 6.45) is 1.97. The standard InChI is InChI=1S/C18H26ClN3O2/c1-11-7-14(8-15(19)20-11)22-9-12-5-6-13(10-22)16(12)21-17(23)24-18(2,3)4/h7-8,12-13,16H,5-6,9-10H2,1-4H3,(H,21,23). The third kappa shape index (κ3) is 3.94. The first kappa shape index (κ1) is 17.3. The molecule has 1 aliphatic heterocycles. The summed E-state index contributed by atoms with van der Waals surface area (Å²) in [5.41, 5.74) is 1.59. The van der Waals surface area contributed by atoms with Gasteiger partial charge in [-0.15, -0.1) is 0 Å². The highest BCUT2D eigenvalue weighted by Gasteiger charge is 2.43. The van der Waals surface area contributed by atoms with Crippen molar-refractivity contribution < 1.29 is 9.53 Å². The van der Waals surface area contributed by atoms with Crippen LogP contribution < -0.4 is 10.2 Å². The number of nitrogens with one attached hydrogen (secondary N) is 1. The van der Waals surface area contributed by atoms with Crippen molar-refractivity contribution >= 4 is 23.4 Å². The lowest BCUT2D eigenvalue weighted by Crippen LogP contribution is -2.53. The second-order valence-electron chi connectivity index (χ2n) is 7.96. The Bertz CT molecular complexity index is 595. The van der Waals surface area contributed by atoms with Crippen molar-refractivity contribution in [3.8, 4) is 0 Å². The molecule has 2 fully saturated rings. The summed E-state index contributed by atoms with van der Waals surface area (Å²) in [4.78, 5) is 18.7. The van der Waals surface area contributed by atoms with Crippen molar-refractivity contribution in [2.45, 2.75) is 52.2 Å². The molecular weight excluding hydrogens is 326 g/mol. The maximum absolute atomic E-state index is 12.1. The lowest BCUT2D eigenvalue weighted by atomic mass is 9.92. The van der Waals surface area contributed by atoms with Crippen molar-refractivity contribution in [3.63, 3.8) is 0 Å². The zero-order valence-electron chi connectivity index (χ0n) is 14.8. The van der Waals surface area contributed by atoms with E-state index >= 15 is 0 Å². The first-order valence-corrected chi connectivity index (χ1v) is 8.98. The topological polar surface area (TPSA) is 54.5 Å². The normalized spacial score (nSPS) is 26.4. The molecule has 3 rings (SSSR count). The number of amides is 1. The number of carbonyl (C=O) groups is 1. The monoisotopic (exact) mass is 351 g/mol. The van der Waals surface area contributed by atoms with E-state index in [1.807, 2.05) is 33.8 Å². The predicted molar refractivity (Wildman–Crippen MR) is 95.6 cm³/mol. The minimum Gasteiger partial charge on any atom is -0.444 e. The molecule has 5 nitrogen and oxygen atoms in total. The maximum Gasteiger partial charge on any atom is 0.407 e. The first-order valence-electron chi connectivity index (χ1n) is 8.60. The molecule has 2 aliphatic rings. The van der Waals surface area contributed by atoms with Gasteiger partial charge in [-0.3, -0.25) is 0 Å². The Morgan fingerprint density at radius 1 is 1.29 bits per heavy atom. The molecule has 2 heterocycles. The van der Waals surface area contributed by atoms with Gasteiger partial charge in [-0.25, -0.2) is 9.78 Å². The molecular formula is C18H26ClN3O2. The summed E-state index contributed by atoms with van der Waals surface area (Å²) < 4.78 is 5.42. The van der Waals surface area contributed by atoms with Gasteiger partial charge in [-0.1, -0.05) is 11.6 Å². The molecule has 1 saturated carbocycles.